The molecule has 0 aliphatic carbocycles. The topological polar surface area (TPSA) is 61.9 Å². The average molecular weight is 523 g/mol. The summed E-state index contributed by atoms with van der Waals surface area (Å²) < 4.78 is 33.6. The number of rotatable bonds is 11. The fraction of sp³-hybridized carbons (Fsp3) is 0.400. The van der Waals surface area contributed by atoms with Crippen LogP contribution in [0.5, 0.6) is 34.5 Å². The largest absolute Gasteiger partial charge is 0.497 e. The van der Waals surface area contributed by atoms with Crippen LogP contribution in [0.3, 0.4) is 0 Å². The highest BCUT2D eigenvalue weighted by atomic mass is 16.5. The second-order valence-electron chi connectivity index (χ2n) is 9.13. The van der Waals surface area contributed by atoms with Crippen molar-refractivity contribution in [2.75, 3.05) is 55.7 Å². The fourth-order valence-electron chi connectivity index (χ4n) is 5.11. The zero-order valence-electron chi connectivity index (χ0n) is 23.2. The Hall–Kier alpha value is -3.62. The molecular weight excluding hydrogens is 484 g/mol. The van der Waals surface area contributed by atoms with Crippen LogP contribution >= 0.6 is 0 Å². The molecule has 1 aliphatic heterocycles. The van der Waals surface area contributed by atoms with Gasteiger partial charge < -0.3 is 28.4 Å². The van der Waals surface area contributed by atoms with Gasteiger partial charge in [-0.3, -0.25) is 9.80 Å². The summed E-state index contributed by atoms with van der Waals surface area (Å²) >= 11 is 0. The molecule has 0 amide bonds. The third-order valence-corrected chi connectivity index (χ3v) is 7.04. The first kappa shape index (κ1) is 27.4. The minimum atomic E-state index is -0.0526. The van der Waals surface area contributed by atoms with Crippen molar-refractivity contribution in [3.63, 3.8) is 0 Å². The molecule has 3 aromatic carbocycles. The van der Waals surface area contributed by atoms with Crippen LogP contribution in [0, 0.1) is 0 Å². The lowest BCUT2D eigenvalue weighted by atomic mass is 10.0. The summed E-state index contributed by atoms with van der Waals surface area (Å²) in [6.45, 7) is 3.24. The van der Waals surface area contributed by atoms with Gasteiger partial charge in [0.2, 0.25) is 0 Å². The van der Waals surface area contributed by atoms with E-state index in [0.717, 1.165) is 70.7 Å². The van der Waals surface area contributed by atoms with Crippen LogP contribution in [-0.4, -0.2) is 65.5 Å². The molecule has 1 saturated heterocycles. The number of hydrogen-bond donors (Lipinski definition) is 0. The van der Waals surface area contributed by atoms with Gasteiger partial charge in [0.05, 0.1) is 48.8 Å². The Morgan fingerprint density at radius 3 is 1.39 bits per heavy atom. The van der Waals surface area contributed by atoms with Gasteiger partial charge in [0, 0.05) is 61.1 Å². The van der Waals surface area contributed by atoms with Gasteiger partial charge in [0.25, 0.3) is 0 Å². The van der Waals surface area contributed by atoms with Crippen molar-refractivity contribution in [2.24, 2.45) is 0 Å². The molecule has 4 rings (SSSR count). The number of benzene rings is 3. The van der Waals surface area contributed by atoms with E-state index in [1.54, 1.807) is 42.7 Å². The zero-order chi connectivity index (χ0) is 27.1. The van der Waals surface area contributed by atoms with Crippen molar-refractivity contribution in [1.29, 1.82) is 0 Å². The van der Waals surface area contributed by atoms with E-state index in [2.05, 4.69) is 28.0 Å². The Balaban J connectivity index is 1.75. The van der Waals surface area contributed by atoms with E-state index < -0.39 is 0 Å². The molecule has 8 heteroatoms. The van der Waals surface area contributed by atoms with Crippen molar-refractivity contribution < 1.29 is 28.4 Å². The summed E-state index contributed by atoms with van der Waals surface area (Å²) in [6, 6.07) is 18.0. The number of ether oxygens (including phenoxy) is 6. The van der Waals surface area contributed by atoms with Gasteiger partial charge >= 0.3 is 0 Å². The Morgan fingerprint density at radius 1 is 0.553 bits per heavy atom. The highest BCUT2D eigenvalue weighted by Gasteiger charge is 2.34. The summed E-state index contributed by atoms with van der Waals surface area (Å²) in [4.78, 5) is 4.93. The molecule has 1 aliphatic rings. The summed E-state index contributed by atoms with van der Waals surface area (Å²) in [7, 11) is 10.1. The van der Waals surface area contributed by atoms with Crippen LogP contribution in [0.25, 0.3) is 0 Å². The Kier molecular flexibility index (Phi) is 9.20. The molecule has 0 unspecified atom stereocenters. The second-order valence-corrected chi connectivity index (χ2v) is 9.13. The van der Waals surface area contributed by atoms with Crippen LogP contribution < -0.4 is 28.4 Å². The second kappa shape index (κ2) is 12.8. The van der Waals surface area contributed by atoms with E-state index in [-0.39, 0.29) is 6.17 Å². The predicted octanol–water partition coefficient (Wildman–Crippen LogP) is 5.14. The molecule has 8 nitrogen and oxygen atoms in total. The molecular formula is C30H38N2O6. The molecule has 0 aromatic heterocycles. The smallest absolute Gasteiger partial charge is 0.128 e. The lowest BCUT2D eigenvalue weighted by Crippen LogP contribution is -2.47. The molecule has 1 fully saturated rings. The zero-order valence-corrected chi connectivity index (χ0v) is 23.2. The molecule has 1 heterocycles. The van der Waals surface area contributed by atoms with Crippen molar-refractivity contribution >= 4 is 0 Å². The average Bonchev–Trinajstić information content (AvgIpc) is 2.97. The minimum absolute atomic E-state index is 0.0526. The van der Waals surface area contributed by atoms with E-state index in [1.165, 1.54) is 0 Å². The summed E-state index contributed by atoms with van der Waals surface area (Å²) in [5.74, 6) is 4.69. The van der Waals surface area contributed by atoms with Crippen LogP contribution in [0.2, 0.25) is 0 Å². The van der Waals surface area contributed by atoms with Crippen LogP contribution in [-0.2, 0) is 13.1 Å². The normalized spacial score (nSPS) is 14.7. The molecule has 38 heavy (non-hydrogen) atoms. The third kappa shape index (κ3) is 5.92. The molecule has 0 spiro atoms. The molecule has 0 N–H and O–H groups in total. The van der Waals surface area contributed by atoms with Crippen LogP contribution in [0.15, 0.2) is 54.6 Å². The first-order valence-corrected chi connectivity index (χ1v) is 12.7. The van der Waals surface area contributed by atoms with E-state index in [0.29, 0.717) is 13.1 Å². The quantitative estimate of drug-likeness (QED) is 0.343. The van der Waals surface area contributed by atoms with Gasteiger partial charge in [-0.25, -0.2) is 0 Å². The van der Waals surface area contributed by atoms with Crippen molar-refractivity contribution in [2.45, 2.75) is 25.7 Å². The molecule has 204 valence electrons. The standard InChI is InChI=1S/C30H38N2O6/c1-33-23-10-8-21(27(16-23)36-4)19-31-14-7-15-32(20-22-9-11-24(34-2)17-28(22)37-5)30(31)26-13-12-25(35-3)18-29(26)38-6/h8-13,16-18,30H,7,14-15,19-20H2,1-6H3. The maximum atomic E-state index is 5.87. The Bertz CT molecular complexity index is 1150. The summed E-state index contributed by atoms with van der Waals surface area (Å²) in [6.07, 6.45) is 0.967. The minimum Gasteiger partial charge on any atom is -0.497 e. The maximum absolute atomic E-state index is 5.87. The molecule has 0 bridgehead atoms. The number of methoxy groups -OCH3 is 6. The van der Waals surface area contributed by atoms with Gasteiger partial charge in [-0.1, -0.05) is 12.1 Å². The van der Waals surface area contributed by atoms with Crippen molar-refractivity contribution in [3.8, 4) is 34.5 Å². The van der Waals surface area contributed by atoms with Gasteiger partial charge in [-0.05, 0) is 30.7 Å². The lowest BCUT2D eigenvalue weighted by Gasteiger charge is -2.45. The summed E-state index contributed by atoms with van der Waals surface area (Å²) in [5, 5.41) is 0. The molecule has 3 aromatic rings. The fourth-order valence-corrected chi connectivity index (χ4v) is 5.11. The van der Waals surface area contributed by atoms with Crippen LogP contribution in [0.1, 0.15) is 29.3 Å². The van der Waals surface area contributed by atoms with E-state index in [1.807, 2.05) is 36.4 Å². The van der Waals surface area contributed by atoms with Gasteiger partial charge in [0.1, 0.15) is 34.5 Å². The lowest BCUT2D eigenvalue weighted by molar-refractivity contribution is -0.0111. The first-order valence-electron chi connectivity index (χ1n) is 12.7. The monoisotopic (exact) mass is 522 g/mol. The maximum Gasteiger partial charge on any atom is 0.128 e. The van der Waals surface area contributed by atoms with Crippen molar-refractivity contribution in [1.82, 2.24) is 9.80 Å². The Morgan fingerprint density at radius 2 is 0.974 bits per heavy atom. The highest BCUT2D eigenvalue weighted by molar-refractivity contribution is 5.45. The van der Waals surface area contributed by atoms with Gasteiger partial charge in [-0.2, -0.15) is 0 Å². The van der Waals surface area contributed by atoms with Gasteiger partial charge in [0.15, 0.2) is 0 Å². The Labute approximate surface area is 225 Å². The summed E-state index contributed by atoms with van der Waals surface area (Å²) in [5.41, 5.74) is 3.26. The number of nitrogens with zero attached hydrogens (tertiary/aromatic N) is 2. The predicted molar refractivity (Wildman–Crippen MR) is 147 cm³/mol. The first-order chi connectivity index (χ1) is 18.5. The molecule has 0 radical (unpaired) electrons. The van der Waals surface area contributed by atoms with E-state index >= 15 is 0 Å². The molecule has 0 saturated carbocycles. The highest BCUT2D eigenvalue weighted by Crippen LogP contribution is 2.40. The van der Waals surface area contributed by atoms with Crippen LogP contribution in [0.4, 0.5) is 0 Å². The third-order valence-electron chi connectivity index (χ3n) is 7.04. The SMILES string of the molecule is COc1ccc(CN2CCCN(Cc3ccc(OC)cc3OC)C2c2ccc(OC)cc2OC)c(OC)c1. The van der Waals surface area contributed by atoms with Crippen molar-refractivity contribution in [3.05, 3.63) is 71.3 Å². The number of hydrogen-bond acceptors (Lipinski definition) is 8. The van der Waals surface area contributed by atoms with E-state index in [9.17, 15) is 0 Å². The molecule has 0 atom stereocenters. The van der Waals surface area contributed by atoms with E-state index in [4.69, 9.17) is 28.4 Å². The van der Waals surface area contributed by atoms with Gasteiger partial charge in [-0.15, -0.1) is 0 Å².